The van der Waals surface area contributed by atoms with Crippen LogP contribution in [-0.4, -0.2) is 69.4 Å². The van der Waals surface area contributed by atoms with Crippen LogP contribution in [0.4, 0.5) is 4.79 Å². The number of aromatic nitrogens is 3. The molecule has 186 valence electrons. The Morgan fingerprint density at radius 1 is 1.03 bits per heavy atom. The van der Waals surface area contributed by atoms with Gasteiger partial charge in [-0.25, -0.2) is 14.5 Å². The summed E-state index contributed by atoms with van der Waals surface area (Å²) in [5.41, 5.74) is 3.35. The van der Waals surface area contributed by atoms with Crippen LogP contribution in [0.15, 0.2) is 54.0 Å². The first kappa shape index (κ1) is 24.0. The van der Waals surface area contributed by atoms with E-state index in [0.717, 1.165) is 22.1 Å². The molecular formula is C27H29N5O3S. The quantitative estimate of drug-likeness (QED) is 0.375. The first-order chi connectivity index (χ1) is 17.5. The minimum atomic E-state index is -0.328. The molecule has 0 saturated carbocycles. The fourth-order valence-electron chi connectivity index (χ4n) is 4.55. The van der Waals surface area contributed by atoms with E-state index in [-0.39, 0.29) is 17.9 Å². The second-order valence-electron chi connectivity index (χ2n) is 9.07. The van der Waals surface area contributed by atoms with Gasteiger partial charge in [-0.05, 0) is 29.7 Å². The van der Waals surface area contributed by atoms with Gasteiger partial charge in [-0.2, -0.15) is 5.10 Å². The molecule has 2 aromatic heterocycles. The lowest BCUT2D eigenvalue weighted by Crippen LogP contribution is -2.50. The van der Waals surface area contributed by atoms with Crippen molar-refractivity contribution in [2.24, 2.45) is 0 Å². The Hall–Kier alpha value is -3.72. The number of nitrogens with zero attached hydrogens (tertiary/aromatic N) is 5. The largest absolute Gasteiger partial charge is 0.450 e. The maximum atomic E-state index is 13.4. The Bertz CT molecular complexity index is 1400. The third kappa shape index (κ3) is 4.58. The van der Waals surface area contributed by atoms with Crippen LogP contribution in [0, 0.1) is 0 Å². The van der Waals surface area contributed by atoms with Crippen molar-refractivity contribution in [1.82, 2.24) is 24.6 Å². The summed E-state index contributed by atoms with van der Waals surface area (Å²) >= 11 is 1.51. The molecule has 2 amide bonds. The minimum absolute atomic E-state index is 0.0697. The lowest BCUT2D eigenvalue weighted by atomic mass is 10.0. The highest BCUT2D eigenvalue weighted by Gasteiger charge is 2.29. The SMILES string of the molecule is CCOC(=O)N1CCN(C(=O)c2cnn(-c3nc(-c4ccc5ccccc5c4)cs3)c2C(C)C)CC1. The van der Waals surface area contributed by atoms with Crippen LogP contribution in [0.25, 0.3) is 27.2 Å². The van der Waals surface area contributed by atoms with Gasteiger partial charge in [-0.15, -0.1) is 11.3 Å². The zero-order chi connectivity index (χ0) is 25.2. The number of carbonyl (C=O) groups excluding carboxylic acids is 2. The van der Waals surface area contributed by atoms with Crippen LogP contribution in [0.1, 0.15) is 42.7 Å². The van der Waals surface area contributed by atoms with Crippen molar-refractivity contribution < 1.29 is 14.3 Å². The number of rotatable bonds is 5. The summed E-state index contributed by atoms with van der Waals surface area (Å²) in [6.07, 6.45) is 1.32. The van der Waals surface area contributed by atoms with Crippen LogP contribution in [0.3, 0.4) is 0 Å². The standard InChI is InChI=1S/C27H29N5O3S/c1-4-35-27(34)31-13-11-30(12-14-31)25(33)22-16-28-32(24(22)18(2)3)26-29-23(17-36-26)21-10-9-19-7-5-6-8-20(19)15-21/h5-10,15-18H,4,11-14H2,1-3H3. The van der Waals surface area contributed by atoms with Crippen molar-refractivity contribution in [1.29, 1.82) is 0 Å². The fraction of sp³-hybridized carbons (Fsp3) is 0.333. The third-order valence-corrected chi connectivity index (χ3v) is 7.21. The molecule has 0 N–H and O–H groups in total. The van der Waals surface area contributed by atoms with Crippen LogP contribution in [0.5, 0.6) is 0 Å². The highest BCUT2D eigenvalue weighted by molar-refractivity contribution is 7.12. The third-order valence-electron chi connectivity index (χ3n) is 6.40. The zero-order valence-electron chi connectivity index (χ0n) is 20.7. The predicted octanol–water partition coefficient (Wildman–Crippen LogP) is 5.19. The van der Waals surface area contributed by atoms with Crippen molar-refractivity contribution in [3.63, 3.8) is 0 Å². The van der Waals surface area contributed by atoms with Crippen LogP contribution in [0.2, 0.25) is 0 Å². The second-order valence-corrected chi connectivity index (χ2v) is 9.90. The molecule has 1 aliphatic heterocycles. The summed E-state index contributed by atoms with van der Waals surface area (Å²) in [7, 11) is 0. The second kappa shape index (κ2) is 10.1. The zero-order valence-corrected chi connectivity index (χ0v) is 21.5. The summed E-state index contributed by atoms with van der Waals surface area (Å²) in [4.78, 5) is 33.7. The fourth-order valence-corrected chi connectivity index (χ4v) is 5.35. The first-order valence-electron chi connectivity index (χ1n) is 12.2. The number of hydrogen-bond acceptors (Lipinski definition) is 6. The average Bonchev–Trinajstić information content (AvgIpc) is 3.56. The average molecular weight is 504 g/mol. The molecule has 2 aromatic carbocycles. The molecule has 0 aliphatic carbocycles. The van der Waals surface area contributed by atoms with Gasteiger partial charge >= 0.3 is 6.09 Å². The van der Waals surface area contributed by atoms with Crippen LogP contribution in [-0.2, 0) is 4.74 Å². The number of benzene rings is 2. The molecule has 5 rings (SSSR count). The normalized spacial score (nSPS) is 14.0. The van der Waals surface area contributed by atoms with Gasteiger partial charge in [0.05, 0.1) is 29.8 Å². The molecule has 9 heteroatoms. The number of thiazole rings is 1. The molecule has 1 fully saturated rings. The van der Waals surface area contributed by atoms with Crippen molar-refractivity contribution in [3.05, 3.63) is 65.3 Å². The predicted molar refractivity (Wildman–Crippen MR) is 141 cm³/mol. The summed E-state index contributed by atoms with van der Waals surface area (Å²) in [6, 6.07) is 14.6. The summed E-state index contributed by atoms with van der Waals surface area (Å²) in [6.45, 7) is 8.08. The number of ether oxygens (including phenoxy) is 1. The lowest BCUT2D eigenvalue weighted by Gasteiger charge is -2.34. The molecule has 8 nitrogen and oxygen atoms in total. The van der Waals surface area contributed by atoms with E-state index in [9.17, 15) is 9.59 Å². The van der Waals surface area contributed by atoms with E-state index in [1.54, 1.807) is 27.6 Å². The first-order valence-corrected chi connectivity index (χ1v) is 13.1. The monoisotopic (exact) mass is 503 g/mol. The van der Waals surface area contributed by atoms with E-state index >= 15 is 0 Å². The summed E-state index contributed by atoms with van der Waals surface area (Å²) in [5.74, 6) is 0.0000533. The Morgan fingerprint density at radius 2 is 1.75 bits per heavy atom. The topological polar surface area (TPSA) is 80.6 Å². The lowest BCUT2D eigenvalue weighted by molar-refractivity contribution is 0.0569. The number of fused-ring (bicyclic) bond motifs is 1. The molecule has 0 spiro atoms. The molecule has 0 atom stereocenters. The molecule has 36 heavy (non-hydrogen) atoms. The van der Waals surface area contributed by atoms with E-state index in [1.807, 2.05) is 17.5 Å². The molecule has 0 radical (unpaired) electrons. The van der Waals surface area contributed by atoms with Crippen LogP contribution < -0.4 is 0 Å². The number of hydrogen-bond donors (Lipinski definition) is 0. The molecule has 0 unspecified atom stereocenters. The molecule has 4 aromatic rings. The van der Waals surface area contributed by atoms with Gasteiger partial charge in [0.2, 0.25) is 5.13 Å². The molecule has 1 aliphatic rings. The van der Waals surface area contributed by atoms with E-state index < -0.39 is 0 Å². The Balaban J connectivity index is 1.38. The Morgan fingerprint density at radius 3 is 2.47 bits per heavy atom. The van der Waals surface area contributed by atoms with Crippen molar-refractivity contribution in [2.45, 2.75) is 26.7 Å². The highest BCUT2D eigenvalue weighted by Crippen LogP contribution is 2.30. The van der Waals surface area contributed by atoms with Gasteiger partial charge in [-0.1, -0.05) is 50.2 Å². The van der Waals surface area contributed by atoms with Crippen molar-refractivity contribution >= 4 is 34.1 Å². The van der Waals surface area contributed by atoms with Gasteiger partial charge < -0.3 is 14.5 Å². The van der Waals surface area contributed by atoms with Gasteiger partial charge in [0, 0.05) is 37.1 Å². The van der Waals surface area contributed by atoms with Crippen LogP contribution >= 0.6 is 11.3 Å². The highest BCUT2D eigenvalue weighted by atomic mass is 32.1. The van der Waals surface area contributed by atoms with Gasteiger partial charge in [0.25, 0.3) is 5.91 Å². The Labute approximate surface area is 214 Å². The number of carbonyl (C=O) groups is 2. The van der Waals surface area contributed by atoms with E-state index in [2.05, 4.69) is 49.3 Å². The van der Waals surface area contributed by atoms with E-state index in [0.29, 0.717) is 38.3 Å². The maximum Gasteiger partial charge on any atom is 0.409 e. The Kier molecular flexibility index (Phi) is 6.73. The molecule has 0 bridgehead atoms. The molecule has 1 saturated heterocycles. The number of piperazine rings is 1. The summed E-state index contributed by atoms with van der Waals surface area (Å²) < 4.78 is 6.88. The number of amides is 2. The minimum Gasteiger partial charge on any atom is -0.450 e. The maximum absolute atomic E-state index is 13.4. The molecule has 3 heterocycles. The van der Waals surface area contributed by atoms with Crippen molar-refractivity contribution in [3.8, 4) is 16.4 Å². The molecular weight excluding hydrogens is 474 g/mol. The van der Waals surface area contributed by atoms with Crippen molar-refractivity contribution in [2.75, 3.05) is 32.8 Å². The van der Waals surface area contributed by atoms with Gasteiger partial charge in [0.15, 0.2) is 0 Å². The van der Waals surface area contributed by atoms with Gasteiger partial charge in [0.1, 0.15) is 0 Å². The summed E-state index contributed by atoms with van der Waals surface area (Å²) in [5, 5.41) is 9.70. The van der Waals surface area contributed by atoms with Gasteiger partial charge in [-0.3, -0.25) is 4.79 Å². The van der Waals surface area contributed by atoms with E-state index in [4.69, 9.17) is 9.72 Å². The van der Waals surface area contributed by atoms with E-state index in [1.165, 1.54) is 22.1 Å². The smallest absolute Gasteiger partial charge is 0.409 e.